The van der Waals surface area contributed by atoms with Gasteiger partial charge in [-0.2, -0.15) is 0 Å². The van der Waals surface area contributed by atoms with Crippen molar-refractivity contribution < 1.29 is 0 Å². The molecule has 12 rings (SSSR count). The van der Waals surface area contributed by atoms with Crippen molar-refractivity contribution in [2.24, 2.45) is 5.41 Å². The summed E-state index contributed by atoms with van der Waals surface area (Å²) in [6.45, 7) is 10.0. The van der Waals surface area contributed by atoms with Crippen molar-refractivity contribution in [3.8, 4) is 33.4 Å². The van der Waals surface area contributed by atoms with Crippen LogP contribution in [0.5, 0.6) is 0 Å². The van der Waals surface area contributed by atoms with Gasteiger partial charge in [0.1, 0.15) is 0 Å². The molecule has 0 saturated heterocycles. The summed E-state index contributed by atoms with van der Waals surface area (Å²) in [5.74, 6) is 0. The molecule has 1 heterocycles. The van der Waals surface area contributed by atoms with E-state index in [1.54, 1.807) is 0 Å². The minimum Gasteiger partial charge on any atom is -0.334 e. The van der Waals surface area contributed by atoms with Gasteiger partial charge in [-0.3, -0.25) is 0 Å². The Balaban J connectivity index is 1.17. The number of para-hydroxylation sites is 1. The van der Waals surface area contributed by atoms with E-state index in [9.17, 15) is 0 Å². The predicted octanol–water partition coefficient (Wildman–Crippen LogP) is 15.9. The highest BCUT2D eigenvalue weighted by molar-refractivity contribution is 6.31. The molecule has 0 amide bonds. The number of hydrogen-bond acceptors (Lipinski definition) is 1. The van der Waals surface area contributed by atoms with Gasteiger partial charge in [-0.25, -0.2) is 0 Å². The van der Waals surface area contributed by atoms with Crippen LogP contribution in [0.25, 0.3) is 87.2 Å². The van der Waals surface area contributed by atoms with Crippen LogP contribution < -0.4 is 4.90 Å². The van der Waals surface area contributed by atoms with Crippen molar-refractivity contribution in [2.75, 3.05) is 4.90 Å². The molecule has 0 N–H and O–H groups in total. The van der Waals surface area contributed by atoms with Crippen molar-refractivity contribution >= 4 is 65.2 Å². The maximum Gasteiger partial charge on any atom is 0.0523 e. The highest BCUT2D eigenvalue weighted by Crippen LogP contribution is 2.67. The van der Waals surface area contributed by atoms with Gasteiger partial charge >= 0.3 is 0 Å². The quantitative estimate of drug-likeness (QED) is 0.162. The first-order valence-corrected chi connectivity index (χ1v) is 20.9. The van der Waals surface area contributed by atoms with Crippen LogP contribution in [0.3, 0.4) is 0 Å². The molecule has 2 aliphatic rings. The summed E-state index contributed by atoms with van der Waals surface area (Å²) in [4.78, 5) is 2.68. The standard InChI is InChI=1S/C57H45N/c1-55(2)34-56(3)51-32-39(26-31-52(51)58(57(56,4)35-55)40-18-6-5-7-19-40)49-33-50(44-23-13-17-37-15-9-11-21-42(37)44)48-28-25-38-24-27-45(46-29-30-47(49)54(48)53(38)46)43-22-12-16-36-14-8-10-20-41(36)43/h5-33H,34-35H2,1-4H3. The van der Waals surface area contributed by atoms with Crippen LogP contribution in [-0.4, -0.2) is 5.54 Å². The van der Waals surface area contributed by atoms with Crippen LogP contribution in [0.15, 0.2) is 176 Å². The lowest BCUT2D eigenvalue weighted by Crippen LogP contribution is -2.49. The summed E-state index contributed by atoms with van der Waals surface area (Å²) in [7, 11) is 0. The average molecular weight is 744 g/mol. The van der Waals surface area contributed by atoms with E-state index in [0.29, 0.717) is 0 Å². The Kier molecular flexibility index (Phi) is 6.86. The molecule has 0 bridgehead atoms. The molecule has 1 heteroatoms. The molecule has 0 radical (unpaired) electrons. The summed E-state index contributed by atoms with van der Waals surface area (Å²) in [5, 5.41) is 13.0. The van der Waals surface area contributed by atoms with Crippen LogP contribution in [0.2, 0.25) is 0 Å². The fourth-order valence-electron chi connectivity index (χ4n) is 12.2. The van der Waals surface area contributed by atoms with Crippen molar-refractivity contribution in [3.63, 3.8) is 0 Å². The molecule has 2 unspecified atom stereocenters. The lowest BCUT2D eigenvalue weighted by atomic mass is 9.71. The Morgan fingerprint density at radius 1 is 0.397 bits per heavy atom. The smallest absolute Gasteiger partial charge is 0.0523 e. The predicted molar refractivity (Wildman–Crippen MR) is 249 cm³/mol. The lowest BCUT2D eigenvalue weighted by molar-refractivity contribution is 0.330. The van der Waals surface area contributed by atoms with Crippen LogP contribution in [0, 0.1) is 5.41 Å². The molecule has 1 aliphatic heterocycles. The van der Waals surface area contributed by atoms with Crippen LogP contribution in [0.1, 0.15) is 46.1 Å². The monoisotopic (exact) mass is 743 g/mol. The van der Waals surface area contributed by atoms with E-state index in [4.69, 9.17) is 0 Å². The molecule has 10 aromatic carbocycles. The first kappa shape index (κ1) is 33.7. The van der Waals surface area contributed by atoms with E-state index in [1.165, 1.54) is 104 Å². The van der Waals surface area contributed by atoms with Gasteiger partial charge in [-0.15, -0.1) is 0 Å². The molecule has 0 spiro atoms. The first-order valence-electron chi connectivity index (χ1n) is 20.9. The van der Waals surface area contributed by atoms with E-state index in [2.05, 4.69) is 209 Å². The SMILES string of the molecule is CC1(C)CC2(C)c3cc(-c4cc(-c5cccc6ccccc56)c5ccc6ccc(-c7cccc8ccccc78)c7ccc4c5c67)ccc3N(c3ccccc3)C2(C)C1. The van der Waals surface area contributed by atoms with E-state index < -0.39 is 0 Å². The maximum absolute atomic E-state index is 2.68. The highest BCUT2D eigenvalue weighted by atomic mass is 15.3. The summed E-state index contributed by atoms with van der Waals surface area (Å²) in [5.41, 5.74) is 12.0. The molecule has 1 nitrogen and oxygen atoms in total. The average Bonchev–Trinajstić information content (AvgIpc) is 3.56. The number of benzene rings is 10. The van der Waals surface area contributed by atoms with Crippen molar-refractivity contribution in [1.29, 1.82) is 0 Å². The zero-order valence-corrected chi connectivity index (χ0v) is 33.6. The molecule has 278 valence electrons. The first-order chi connectivity index (χ1) is 28.2. The summed E-state index contributed by atoms with van der Waals surface area (Å²) >= 11 is 0. The van der Waals surface area contributed by atoms with E-state index >= 15 is 0 Å². The molecule has 0 aromatic heterocycles. The zero-order valence-electron chi connectivity index (χ0n) is 33.6. The number of fused-ring (bicyclic) bond motifs is 5. The van der Waals surface area contributed by atoms with Gasteiger partial charge in [0.2, 0.25) is 0 Å². The summed E-state index contributed by atoms with van der Waals surface area (Å²) in [6, 6.07) is 66.5. The summed E-state index contributed by atoms with van der Waals surface area (Å²) in [6.07, 6.45) is 2.28. The third-order valence-corrected chi connectivity index (χ3v) is 14.4. The molecule has 2 atom stereocenters. The van der Waals surface area contributed by atoms with Crippen molar-refractivity contribution in [2.45, 2.75) is 51.5 Å². The van der Waals surface area contributed by atoms with Gasteiger partial charge in [0.25, 0.3) is 0 Å². The second-order valence-electron chi connectivity index (χ2n) is 18.4. The summed E-state index contributed by atoms with van der Waals surface area (Å²) < 4.78 is 0. The second-order valence-corrected chi connectivity index (χ2v) is 18.4. The minimum absolute atomic E-state index is 0.0205. The molecular formula is C57H45N. The van der Waals surface area contributed by atoms with Gasteiger partial charge in [0, 0.05) is 16.8 Å². The van der Waals surface area contributed by atoms with Gasteiger partial charge in [-0.1, -0.05) is 166 Å². The maximum atomic E-state index is 2.68. The Bertz CT molecular complexity index is 3290. The van der Waals surface area contributed by atoms with Gasteiger partial charge in [0.05, 0.1) is 5.54 Å². The van der Waals surface area contributed by atoms with Crippen LogP contribution >= 0.6 is 0 Å². The van der Waals surface area contributed by atoms with E-state index in [1.807, 2.05) is 0 Å². The number of rotatable bonds is 4. The molecule has 1 fully saturated rings. The fourth-order valence-corrected chi connectivity index (χ4v) is 12.2. The zero-order chi connectivity index (χ0) is 39.0. The normalized spacial score (nSPS) is 19.8. The van der Waals surface area contributed by atoms with E-state index in [0.717, 1.165) is 12.8 Å². The molecular weight excluding hydrogens is 699 g/mol. The van der Waals surface area contributed by atoms with Crippen molar-refractivity contribution in [3.05, 3.63) is 181 Å². The molecule has 58 heavy (non-hydrogen) atoms. The molecule has 10 aromatic rings. The van der Waals surface area contributed by atoms with Gasteiger partial charge in [0.15, 0.2) is 0 Å². The Labute approximate surface area is 340 Å². The Morgan fingerprint density at radius 3 is 1.69 bits per heavy atom. The number of nitrogens with zero attached hydrogens (tertiary/aromatic N) is 1. The number of anilines is 2. The van der Waals surface area contributed by atoms with Crippen LogP contribution in [-0.2, 0) is 5.41 Å². The Morgan fingerprint density at radius 2 is 0.966 bits per heavy atom. The Hall–Kier alpha value is -6.44. The van der Waals surface area contributed by atoms with Gasteiger partial charge < -0.3 is 4.90 Å². The third-order valence-electron chi connectivity index (χ3n) is 14.4. The van der Waals surface area contributed by atoms with Crippen LogP contribution in [0.4, 0.5) is 11.4 Å². The van der Waals surface area contributed by atoms with Gasteiger partial charge in [-0.05, 0) is 148 Å². The molecule has 1 saturated carbocycles. The topological polar surface area (TPSA) is 3.24 Å². The second kappa shape index (κ2) is 11.8. The lowest BCUT2D eigenvalue weighted by Gasteiger charge is -2.42. The third kappa shape index (κ3) is 4.53. The number of hydrogen-bond donors (Lipinski definition) is 0. The highest BCUT2D eigenvalue weighted by Gasteiger charge is 2.64. The van der Waals surface area contributed by atoms with E-state index in [-0.39, 0.29) is 16.4 Å². The minimum atomic E-state index is -0.0480. The fraction of sp³-hybridized carbons (Fsp3) is 0.158. The van der Waals surface area contributed by atoms with Crippen molar-refractivity contribution in [1.82, 2.24) is 0 Å². The molecule has 1 aliphatic carbocycles. The largest absolute Gasteiger partial charge is 0.334 e.